The van der Waals surface area contributed by atoms with E-state index in [4.69, 9.17) is 0 Å². The molecule has 3 aromatic rings. The van der Waals surface area contributed by atoms with E-state index in [1.807, 2.05) is 30.3 Å². The summed E-state index contributed by atoms with van der Waals surface area (Å²) in [5.74, 6) is 0.681. The summed E-state index contributed by atoms with van der Waals surface area (Å²) in [5.41, 5.74) is 1.70. The quantitative estimate of drug-likeness (QED) is 0.614. The van der Waals surface area contributed by atoms with E-state index >= 15 is 0 Å². The van der Waals surface area contributed by atoms with Gasteiger partial charge in [-0.15, -0.1) is 0 Å². The SMILES string of the molecule is O=C(CCCCCNc1ncccn1)Nc1cccc2ncccc12. The monoisotopic (exact) mass is 335 g/mol. The van der Waals surface area contributed by atoms with Gasteiger partial charge >= 0.3 is 0 Å². The minimum atomic E-state index is 0.0377. The van der Waals surface area contributed by atoms with E-state index in [9.17, 15) is 4.79 Å². The third-order valence-corrected chi connectivity index (χ3v) is 3.85. The van der Waals surface area contributed by atoms with Crippen LogP contribution in [0.25, 0.3) is 10.9 Å². The van der Waals surface area contributed by atoms with Crippen molar-refractivity contribution in [1.82, 2.24) is 15.0 Å². The zero-order valence-electron chi connectivity index (χ0n) is 14.0. The van der Waals surface area contributed by atoms with Crippen LogP contribution in [0.1, 0.15) is 25.7 Å². The van der Waals surface area contributed by atoms with Crippen LogP contribution >= 0.6 is 0 Å². The highest BCUT2D eigenvalue weighted by Crippen LogP contribution is 2.21. The van der Waals surface area contributed by atoms with Crippen molar-refractivity contribution in [3.05, 3.63) is 55.0 Å². The number of anilines is 2. The molecular formula is C19H21N5O. The van der Waals surface area contributed by atoms with Gasteiger partial charge in [-0.25, -0.2) is 9.97 Å². The highest BCUT2D eigenvalue weighted by atomic mass is 16.1. The molecule has 6 nitrogen and oxygen atoms in total. The summed E-state index contributed by atoms with van der Waals surface area (Å²) in [6, 6.07) is 11.4. The smallest absolute Gasteiger partial charge is 0.224 e. The number of hydrogen-bond donors (Lipinski definition) is 2. The highest BCUT2D eigenvalue weighted by Gasteiger charge is 2.06. The first kappa shape index (κ1) is 16.8. The van der Waals surface area contributed by atoms with E-state index in [2.05, 4.69) is 25.6 Å². The maximum atomic E-state index is 12.1. The Morgan fingerprint density at radius 1 is 0.880 bits per heavy atom. The first-order valence-electron chi connectivity index (χ1n) is 8.47. The average Bonchev–Trinajstić information content (AvgIpc) is 2.66. The van der Waals surface area contributed by atoms with E-state index in [0.717, 1.165) is 42.4 Å². The molecule has 0 fully saturated rings. The molecule has 6 heteroatoms. The Balaban J connectivity index is 1.38. The number of pyridine rings is 1. The van der Waals surface area contributed by atoms with Gasteiger partial charge in [0.05, 0.1) is 11.2 Å². The number of carbonyl (C=O) groups is 1. The molecule has 0 aliphatic heterocycles. The molecule has 128 valence electrons. The largest absolute Gasteiger partial charge is 0.354 e. The van der Waals surface area contributed by atoms with Crippen LogP contribution in [-0.2, 0) is 4.79 Å². The predicted octanol–water partition coefficient (Wildman–Crippen LogP) is 3.64. The Morgan fingerprint density at radius 2 is 1.72 bits per heavy atom. The molecule has 0 unspecified atom stereocenters. The second-order valence-electron chi connectivity index (χ2n) is 5.73. The highest BCUT2D eigenvalue weighted by molar-refractivity contribution is 6.00. The Morgan fingerprint density at radius 3 is 2.60 bits per heavy atom. The molecule has 0 aliphatic rings. The predicted molar refractivity (Wildman–Crippen MR) is 99.4 cm³/mol. The number of amides is 1. The Hall–Kier alpha value is -3.02. The summed E-state index contributed by atoms with van der Waals surface area (Å²) in [6.07, 6.45) is 8.49. The van der Waals surface area contributed by atoms with Gasteiger partial charge in [-0.2, -0.15) is 0 Å². The van der Waals surface area contributed by atoms with Crippen LogP contribution in [0.5, 0.6) is 0 Å². The molecule has 3 rings (SSSR count). The first-order valence-corrected chi connectivity index (χ1v) is 8.47. The van der Waals surface area contributed by atoms with E-state index in [0.29, 0.717) is 12.4 Å². The molecule has 1 amide bonds. The summed E-state index contributed by atoms with van der Waals surface area (Å²) in [7, 11) is 0. The zero-order valence-corrected chi connectivity index (χ0v) is 14.0. The molecule has 0 saturated heterocycles. The van der Waals surface area contributed by atoms with Crippen LogP contribution in [0.3, 0.4) is 0 Å². The standard InChI is InChI=1S/C19H21N5O/c25-18(10-2-1-3-11-21-19-22-13-6-14-23-19)24-17-9-4-8-16-15(17)7-5-12-20-16/h4-9,12-14H,1-3,10-11H2,(H,24,25)(H,21,22,23). The second kappa shape index (κ2) is 8.73. The minimum Gasteiger partial charge on any atom is -0.354 e. The number of nitrogens with zero attached hydrogens (tertiary/aromatic N) is 3. The van der Waals surface area contributed by atoms with Gasteiger partial charge in [0.2, 0.25) is 11.9 Å². The first-order chi connectivity index (χ1) is 12.3. The summed E-state index contributed by atoms with van der Waals surface area (Å²) in [6.45, 7) is 0.806. The van der Waals surface area contributed by atoms with Gasteiger partial charge in [-0.3, -0.25) is 9.78 Å². The number of hydrogen-bond acceptors (Lipinski definition) is 5. The fourth-order valence-electron chi connectivity index (χ4n) is 2.60. The number of fused-ring (bicyclic) bond motifs is 1. The van der Waals surface area contributed by atoms with Crippen molar-refractivity contribution in [2.45, 2.75) is 25.7 Å². The van der Waals surface area contributed by atoms with Gasteiger partial charge in [-0.05, 0) is 43.2 Å². The van der Waals surface area contributed by atoms with Crippen molar-refractivity contribution in [1.29, 1.82) is 0 Å². The molecule has 0 aliphatic carbocycles. The van der Waals surface area contributed by atoms with Crippen molar-refractivity contribution < 1.29 is 4.79 Å². The molecule has 1 aromatic carbocycles. The van der Waals surface area contributed by atoms with Crippen LogP contribution in [0, 0.1) is 0 Å². The molecule has 0 spiro atoms. The summed E-state index contributed by atoms with van der Waals surface area (Å²) >= 11 is 0. The van der Waals surface area contributed by atoms with Gasteiger partial charge in [0.25, 0.3) is 0 Å². The lowest BCUT2D eigenvalue weighted by Crippen LogP contribution is -2.11. The summed E-state index contributed by atoms with van der Waals surface area (Å²) in [4.78, 5) is 24.7. The van der Waals surface area contributed by atoms with Gasteiger partial charge in [0, 0.05) is 36.9 Å². The molecule has 0 bridgehead atoms. The topological polar surface area (TPSA) is 79.8 Å². The van der Waals surface area contributed by atoms with Crippen LogP contribution in [0.2, 0.25) is 0 Å². The lowest BCUT2D eigenvalue weighted by molar-refractivity contribution is -0.116. The Bertz CT molecular complexity index is 817. The third-order valence-electron chi connectivity index (χ3n) is 3.85. The molecule has 2 heterocycles. The molecular weight excluding hydrogens is 314 g/mol. The van der Waals surface area contributed by atoms with Crippen LogP contribution < -0.4 is 10.6 Å². The fraction of sp³-hybridized carbons (Fsp3) is 0.263. The average molecular weight is 335 g/mol. The maximum absolute atomic E-state index is 12.1. The number of nitrogens with one attached hydrogen (secondary N) is 2. The van der Waals surface area contributed by atoms with Crippen LogP contribution in [0.4, 0.5) is 11.6 Å². The third kappa shape index (κ3) is 4.97. The number of rotatable bonds is 8. The molecule has 0 radical (unpaired) electrons. The normalized spacial score (nSPS) is 10.6. The number of benzene rings is 1. The van der Waals surface area contributed by atoms with Crippen molar-refractivity contribution in [3.8, 4) is 0 Å². The molecule has 2 N–H and O–H groups in total. The zero-order chi connectivity index (χ0) is 17.3. The van der Waals surface area contributed by atoms with Crippen molar-refractivity contribution in [2.75, 3.05) is 17.2 Å². The lowest BCUT2D eigenvalue weighted by Gasteiger charge is -2.08. The number of carbonyl (C=O) groups excluding carboxylic acids is 1. The van der Waals surface area contributed by atoms with E-state index in [-0.39, 0.29) is 5.91 Å². The van der Waals surface area contributed by atoms with E-state index in [1.54, 1.807) is 24.7 Å². The van der Waals surface area contributed by atoms with Crippen molar-refractivity contribution in [3.63, 3.8) is 0 Å². The molecule has 2 aromatic heterocycles. The number of unbranched alkanes of at least 4 members (excludes halogenated alkanes) is 2. The van der Waals surface area contributed by atoms with E-state index < -0.39 is 0 Å². The summed E-state index contributed by atoms with van der Waals surface area (Å²) in [5, 5.41) is 7.11. The van der Waals surface area contributed by atoms with Crippen molar-refractivity contribution in [2.24, 2.45) is 0 Å². The fourth-order valence-corrected chi connectivity index (χ4v) is 2.60. The Kier molecular flexibility index (Phi) is 5.87. The molecule has 0 saturated carbocycles. The number of aromatic nitrogens is 3. The molecule has 0 atom stereocenters. The van der Waals surface area contributed by atoms with Gasteiger partial charge in [-0.1, -0.05) is 12.5 Å². The summed E-state index contributed by atoms with van der Waals surface area (Å²) < 4.78 is 0. The maximum Gasteiger partial charge on any atom is 0.224 e. The van der Waals surface area contributed by atoms with E-state index in [1.165, 1.54) is 0 Å². The second-order valence-corrected chi connectivity index (χ2v) is 5.73. The molecule has 25 heavy (non-hydrogen) atoms. The van der Waals surface area contributed by atoms with Crippen LogP contribution in [0.15, 0.2) is 55.0 Å². The van der Waals surface area contributed by atoms with Gasteiger partial charge < -0.3 is 10.6 Å². The van der Waals surface area contributed by atoms with Crippen molar-refractivity contribution >= 4 is 28.4 Å². The Labute approximate surface area is 146 Å². The van der Waals surface area contributed by atoms with Crippen LogP contribution in [-0.4, -0.2) is 27.4 Å². The lowest BCUT2D eigenvalue weighted by atomic mass is 10.1. The van der Waals surface area contributed by atoms with Gasteiger partial charge in [0.15, 0.2) is 0 Å². The minimum absolute atomic E-state index is 0.0377. The van der Waals surface area contributed by atoms with Gasteiger partial charge in [0.1, 0.15) is 0 Å².